The van der Waals surface area contributed by atoms with Crippen molar-refractivity contribution in [1.82, 2.24) is 0 Å². The van der Waals surface area contributed by atoms with Crippen molar-refractivity contribution >= 4 is 9.84 Å². The maximum Gasteiger partial charge on any atom is 0.501 e. The zero-order valence-corrected chi connectivity index (χ0v) is 11.4. The van der Waals surface area contributed by atoms with Crippen molar-refractivity contribution in [2.75, 3.05) is 13.2 Å². The minimum Gasteiger partial charge on any atom is -0.343 e. The Kier molecular flexibility index (Phi) is 3.09. The van der Waals surface area contributed by atoms with E-state index in [0.29, 0.717) is 6.07 Å². The number of fused-ring (bicyclic) bond motifs is 2. The van der Waals surface area contributed by atoms with Gasteiger partial charge in [0.25, 0.3) is 9.84 Å². The Morgan fingerprint density at radius 2 is 1.76 bits per heavy atom. The van der Waals surface area contributed by atoms with Crippen molar-refractivity contribution in [2.45, 2.75) is 29.0 Å². The summed E-state index contributed by atoms with van der Waals surface area (Å²) in [4.78, 5) is -0.995. The van der Waals surface area contributed by atoms with Gasteiger partial charge in [-0.3, -0.25) is 0 Å². The Labute approximate surface area is 117 Å². The molecule has 9 heteroatoms. The summed E-state index contributed by atoms with van der Waals surface area (Å²) in [7, 11) is -5.61. The Balaban J connectivity index is 2.29. The maximum atomic E-state index is 13.8. The number of sulfone groups is 1. The lowest BCUT2D eigenvalue weighted by molar-refractivity contribution is -0.164. The van der Waals surface area contributed by atoms with E-state index in [2.05, 4.69) is 0 Å². The lowest BCUT2D eigenvalue weighted by atomic mass is 10.1. The number of hydrogen-bond acceptors (Lipinski definition) is 4. The number of halogens is 4. The molecule has 1 saturated heterocycles. The zero-order chi connectivity index (χ0) is 15.5. The monoisotopic (exact) mass is 326 g/mol. The molecule has 0 bridgehead atoms. The molecule has 4 nitrogen and oxygen atoms in total. The van der Waals surface area contributed by atoms with E-state index >= 15 is 0 Å². The SMILES string of the molecule is O=S(=O)(c1ccc(F)c2c1C1(CC2)OCCO1)C(F)(F)F. The maximum absolute atomic E-state index is 13.8. The molecule has 1 aliphatic heterocycles. The van der Waals surface area contributed by atoms with E-state index in [1.54, 1.807) is 0 Å². The van der Waals surface area contributed by atoms with Gasteiger partial charge in [-0.1, -0.05) is 0 Å². The molecule has 1 aromatic carbocycles. The fourth-order valence-electron chi connectivity index (χ4n) is 2.77. The first-order chi connectivity index (χ1) is 9.69. The summed E-state index contributed by atoms with van der Waals surface area (Å²) < 4.78 is 86.2. The van der Waals surface area contributed by atoms with E-state index in [0.717, 1.165) is 6.07 Å². The van der Waals surface area contributed by atoms with Gasteiger partial charge in [-0.25, -0.2) is 12.8 Å². The van der Waals surface area contributed by atoms with Crippen LogP contribution in [0.4, 0.5) is 17.6 Å². The van der Waals surface area contributed by atoms with Crippen LogP contribution in [0, 0.1) is 5.82 Å². The highest BCUT2D eigenvalue weighted by Gasteiger charge is 2.54. The van der Waals surface area contributed by atoms with Crippen molar-refractivity contribution in [3.05, 3.63) is 29.1 Å². The minimum absolute atomic E-state index is 0.0579. The van der Waals surface area contributed by atoms with Crippen molar-refractivity contribution in [3.8, 4) is 0 Å². The number of ether oxygens (including phenoxy) is 2. The Morgan fingerprint density at radius 3 is 2.33 bits per heavy atom. The van der Waals surface area contributed by atoms with E-state index < -0.39 is 31.8 Å². The second kappa shape index (κ2) is 4.40. The van der Waals surface area contributed by atoms with E-state index in [-0.39, 0.29) is 37.2 Å². The van der Waals surface area contributed by atoms with Gasteiger partial charge in [0, 0.05) is 12.0 Å². The summed E-state index contributed by atoms with van der Waals surface area (Å²) in [6, 6.07) is 1.35. The molecule has 0 aromatic heterocycles. The fraction of sp³-hybridized carbons (Fsp3) is 0.500. The van der Waals surface area contributed by atoms with Gasteiger partial charge in [-0.05, 0) is 24.1 Å². The first kappa shape index (κ1) is 14.7. The van der Waals surface area contributed by atoms with Gasteiger partial charge < -0.3 is 9.47 Å². The molecule has 1 fully saturated rings. The quantitative estimate of drug-likeness (QED) is 0.587. The van der Waals surface area contributed by atoms with Crippen LogP contribution in [-0.4, -0.2) is 27.1 Å². The number of hydrogen-bond donors (Lipinski definition) is 0. The normalized spacial score (nSPS) is 21.0. The number of benzene rings is 1. The molecule has 0 saturated carbocycles. The molecule has 1 heterocycles. The summed E-state index contributed by atoms with van der Waals surface area (Å²) in [5, 5.41) is 0. The molecule has 1 aromatic rings. The van der Waals surface area contributed by atoms with E-state index in [4.69, 9.17) is 9.47 Å². The summed E-state index contributed by atoms with van der Waals surface area (Å²) in [5.41, 5.74) is -5.92. The first-order valence-corrected chi connectivity index (χ1v) is 7.58. The first-order valence-electron chi connectivity index (χ1n) is 6.10. The van der Waals surface area contributed by atoms with Crippen molar-refractivity contribution in [1.29, 1.82) is 0 Å². The molecule has 0 unspecified atom stereocenters. The highest BCUT2D eigenvalue weighted by Crippen LogP contribution is 2.48. The third-order valence-corrected chi connectivity index (χ3v) is 5.18. The average Bonchev–Trinajstić information content (AvgIpc) is 2.99. The second-order valence-corrected chi connectivity index (χ2v) is 6.71. The van der Waals surface area contributed by atoms with Crippen molar-refractivity contribution in [2.24, 2.45) is 0 Å². The predicted octanol–water partition coefficient (Wildman–Crippen LogP) is 2.27. The van der Waals surface area contributed by atoms with Gasteiger partial charge in [0.1, 0.15) is 5.82 Å². The molecule has 0 N–H and O–H groups in total. The van der Waals surface area contributed by atoms with Gasteiger partial charge in [-0.2, -0.15) is 13.2 Å². The van der Waals surface area contributed by atoms with Gasteiger partial charge in [-0.15, -0.1) is 0 Å². The van der Waals surface area contributed by atoms with Crippen LogP contribution in [0.1, 0.15) is 17.5 Å². The molecule has 116 valence electrons. The molecule has 3 rings (SSSR count). The van der Waals surface area contributed by atoms with Crippen LogP contribution in [0.25, 0.3) is 0 Å². The average molecular weight is 326 g/mol. The minimum atomic E-state index is -5.61. The van der Waals surface area contributed by atoms with Crippen LogP contribution in [0.5, 0.6) is 0 Å². The molecule has 2 aliphatic rings. The van der Waals surface area contributed by atoms with Crippen molar-refractivity contribution < 1.29 is 35.5 Å². The Hall–Kier alpha value is -1.19. The lowest BCUT2D eigenvalue weighted by Crippen LogP contribution is -2.30. The van der Waals surface area contributed by atoms with E-state index in [1.165, 1.54) is 0 Å². The van der Waals surface area contributed by atoms with Gasteiger partial charge in [0.05, 0.1) is 18.1 Å². The zero-order valence-electron chi connectivity index (χ0n) is 10.5. The summed E-state index contributed by atoms with van der Waals surface area (Å²) >= 11 is 0. The van der Waals surface area contributed by atoms with Crippen LogP contribution >= 0.6 is 0 Å². The standard InChI is InChI=1S/C12H10F4O4S/c13-8-1-2-9(21(17,18)12(14,15)16)10-7(8)3-4-11(10)19-5-6-20-11/h1-2H,3-6H2. The molecule has 1 aliphatic carbocycles. The lowest BCUT2D eigenvalue weighted by Gasteiger charge is -2.25. The molecule has 0 radical (unpaired) electrons. The molecular formula is C12H10F4O4S. The van der Waals surface area contributed by atoms with Crippen LogP contribution in [0.15, 0.2) is 17.0 Å². The van der Waals surface area contributed by atoms with Crippen LogP contribution in [-0.2, 0) is 31.5 Å². The largest absolute Gasteiger partial charge is 0.501 e. The third-order valence-electron chi connectivity index (χ3n) is 3.65. The van der Waals surface area contributed by atoms with Gasteiger partial charge >= 0.3 is 5.51 Å². The topological polar surface area (TPSA) is 52.6 Å². The summed E-state index contributed by atoms with van der Waals surface area (Å²) in [6.45, 7) is 0.225. The Morgan fingerprint density at radius 1 is 1.14 bits per heavy atom. The summed E-state index contributed by atoms with van der Waals surface area (Å²) in [5.74, 6) is -2.35. The van der Waals surface area contributed by atoms with Crippen molar-refractivity contribution in [3.63, 3.8) is 0 Å². The van der Waals surface area contributed by atoms with Crippen LogP contribution in [0.2, 0.25) is 0 Å². The molecular weight excluding hydrogens is 316 g/mol. The Bertz CT molecular complexity index is 690. The number of rotatable bonds is 1. The second-order valence-electron chi connectivity index (χ2n) is 4.80. The van der Waals surface area contributed by atoms with Gasteiger partial charge in [0.2, 0.25) is 0 Å². The third kappa shape index (κ3) is 1.98. The van der Waals surface area contributed by atoms with Gasteiger partial charge in [0.15, 0.2) is 5.79 Å². The fourth-order valence-corrected chi connectivity index (χ4v) is 3.81. The smallest absolute Gasteiger partial charge is 0.343 e. The van der Waals surface area contributed by atoms with E-state index in [1.807, 2.05) is 0 Å². The highest BCUT2D eigenvalue weighted by molar-refractivity contribution is 7.92. The van der Waals surface area contributed by atoms with E-state index in [9.17, 15) is 26.0 Å². The predicted molar refractivity (Wildman–Crippen MR) is 61.5 cm³/mol. The molecule has 21 heavy (non-hydrogen) atoms. The molecule has 0 atom stereocenters. The van der Waals surface area contributed by atoms with Crippen LogP contribution in [0.3, 0.4) is 0 Å². The van der Waals surface area contributed by atoms with Crippen LogP contribution < -0.4 is 0 Å². The summed E-state index contributed by atoms with van der Waals surface area (Å²) in [6.07, 6.45) is 0.145. The number of alkyl halides is 3. The highest BCUT2D eigenvalue weighted by atomic mass is 32.2. The molecule has 1 spiro atoms. The molecule has 0 amide bonds.